The molecule has 1 aromatic carbocycles. The number of thiophene rings is 1. The summed E-state index contributed by atoms with van der Waals surface area (Å²) in [4.78, 5) is 37.8. The van der Waals surface area contributed by atoms with Gasteiger partial charge >= 0.3 is 12.1 Å². The first kappa shape index (κ1) is 19.6. The monoisotopic (exact) mass is 403 g/mol. The van der Waals surface area contributed by atoms with Gasteiger partial charge in [-0.1, -0.05) is 30.3 Å². The molecule has 28 heavy (non-hydrogen) atoms. The van der Waals surface area contributed by atoms with Gasteiger partial charge in [-0.3, -0.25) is 15.5 Å². The molecular formula is C18H21N5O4S. The molecule has 6 N–H and O–H groups in total. The first-order valence-corrected chi connectivity index (χ1v) is 9.55. The van der Waals surface area contributed by atoms with Gasteiger partial charge in [0.25, 0.3) is 5.91 Å². The lowest BCUT2D eigenvalue weighted by Gasteiger charge is -2.31. The molecule has 0 unspecified atom stereocenters. The van der Waals surface area contributed by atoms with E-state index in [1.165, 1.54) is 16.2 Å². The molecule has 1 aromatic heterocycles. The van der Waals surface area contributed by atoms with E-state index >= 15 is 0 Å². The Bertz CT molecular complexity index is 870. The third-order valence-corrected chi connectivity index (χ3v) is 5.52. The van der Waals surface area contributed by atoms with Crippen LogP contribution >= 0.6 is 11.3 Å². The molecule has 1 saturated heterocycles. The van der Waals surface area contributed by atoms with Crippen molar-refractivity contribution in [2.45, 2.75) is 18.9 Å². The average molecular weight is 403 g/mol. The number of urea groups is 1. The minimum Gasteiger partial charge on any atom is -0.465 e. The van der Waals surface area contributed by atoms with Crippen LogP contribution in [-0.2, 0) is 0 Å². The number of benzene rings is 1. The van der Waals surface area contributed by atoms with Crippen molar-refractivity contribution < 1.29 is 19.5 Å². The molecule has 0 saturated carbocycles. The second-order valence-electron chi connectivity index (χ2n) is 6.36. The fraction of sp³-hybridized carbons (Fsp3) is 0.278. The number of nitrogens with two attached hydrogens (primary N) is 1. The Kier molecular flexibility index (Phi) is 6.12. The second kappa shape index (κ2) is 8.72. The fourth-order valence-corrected chi connectivity index (χ4v) is 4.12. The minimum absolute atomic E-state index is 0.239. The van der Waals surface area contributed by atoms with Gasteiger partial charge in [0.2, 0.25) is 0 Å². The number of rotatable bonds is 4. The number of anilines is 1. The van der Waals surface area contributed by atoms with Gasteiger partial charge in [-0.15, -0.1) is 11.3 Å². The lowest BCUT2D eigenvalue weighted by molar-refractivity contribution is 0.0889. The van der Waals surface area contributed by atoms with Crippen LogP contribution in [0.2, 0.25) is 0 Å². The number of hydrogen-bond donors (Lipinski definition) is 5. The van der Waals surface area contributed by atoms with E-state index in [-0.39, 0.29) is 18.5 Å². The van der Waals surface area contributed by atoms with E-state index in [0.717, 1.165) is 10.4 Å². The zero-order chi connectivity index (χ0) is 20.1. The second-order valence-corrected chi connectivity index (χ2v) is 7.41. The zero-order valence-corrected chi connectivity index (χ0v) is 15.8. The van der Waals surface area contributed by atoms with Crippen molar-refractivity contribution in [1.82, 2.24) is 15.6 Å². The van der Waals surface area contributed by atoms with Gasteiger partial charge in [-0.25, -0.2) is 15.4 Å². The number of hydrazine groups is 1. The molecule has 3 rings (SSSR count). The number of nitrogens with zero attached hydrogens (tertiary/aromatic N) is 1. The SMILES string of the molecule is NNC(=O)Nc1sc(-c2ccccc2)cc1C(=O)N[C@H]1CCCN(C(=O)O)C1. The van der Waals surface area contributed by atoms with E-state index in [1.54, 1.807) is 6.07 Å². The molecular weight excluding hydrogens is 382 g/mol. The van der Waals surface area contributed by atoms with E-state index in [2.05, 4.69) is 10.6 Å². The Morgan fingerprint density at radius 2 is 1.96 bits per heavy atom. The standard InChI is InChI=1S/C18H21N5O4S/c19-22-17(25)21-16-13(9-14(28-16)11-5-2-1-3-6-11)15(24)20-12-7-4-8-23(10-12)18(26)27/h1-3,5-6,9,12H,4,7-8,10,19H2,(H,20,24)(H,26,27)(H2,21,22,25)/t12-/m0/s1. The number of likely N-dealkylation sites (tertiary alicyclic amines) is 1. The zero-order valence-electron chi connectivity index (χ0n) is 15.0. The maximum absolute atomic E-state index is 12.9. The van der Waals surface area contributed by atoms with Gasteiger partial charge in [-0.2, -0.15) is 0 Å². The highest BCUT2D eigenvalue weighted by Crippen LogP contribution is 2.35. The van der Waals surface area contributed by atoms with Gasteiger partial charge in [-0.05, 0) is 24.5 Å². The van der Waals surface area contributed by atoms with E-state index in [9.17, 15) is 14.4 Å². The smallest absolute Gasteiger partial charge is 0.407 e. The van der Waals surface area contributed by atoms with Gasteiger partial charge in [0.1, 0.15) is 5.00 Å². The number of nitrogens with one attached hydrogen (secondary N) is 3. The summed E-state index contributed by atoms with van der Waals surface area (Å²) in [6.07, 6.45) is 0.372. The van der Waals surface area contributed by atoms with Crippen LogP contribution in [0.15, 0.2) is 36.4 Å². The highest BCUT2D eigenvalue weighted by Gasteiger charge is 2.26. The van der Waals surface area contributed by atoms with E-state index in [1.807, 2.05) is 35.8 Å². The topological polar surface area (TPSA) is 137 Å². The molecule has 0 bridgehead atoms. The predicted molar refractivity (Wildman–Crippen MR) is 106 cm³/mol. The van der Waals surface area contributed by atoms with Gasteiger partial charge < -0.3 is 15.3 Å². The largest absolute Gasteiger partial charge is 0.465 e. The summed E-state index contributed by atoms with van der Waals surface area (Å²) in [5.74, 6) is 4.77. The summed E-state index contributed by atoms with van der Waals surface area (Å²) in [6.45, 7) is 0.699. The molecule has 2 aromatic rings. The molecule has 1 aliphatic heterocycles. The highest BCUT2D eigenvalue weighted by atomic mass is 32.1. The quantitative estimate of drug-likeness (QED) is 0.303. The van der Waals surface area contributed by atoms with Crippen LogP contribution in [0.25, 0.3) is 10.4 Å². The summed E-state index contributed by atoms with van der Waals surface area (Å²) in [5.41, 5.74) is 3.20. The third kappa shape index (κ3) is 4.59. The van der Waals surface area contributed by atoms with Crippen molar-refractivity contribution in [1.29, 1.82) is 0 Å². The molecule has 4 amide bonds. The van der Waals surface area contributed by atoms with E-state index in [4.69, 9.17) is 10.9 Å². The van der Waals surface area contributed by atoms with Crippen molar-refractivity contribution in [3.8, 4) is 10.4 Å². The Morgan fingerprint density at radius 3 is 2.64 bits per heavy atom. The molecule has 9 nitrogen and oxygen atoms in total. The molecule has 10 heteroatoms. The van der Waals surface area contributed by atoms with Crippen molar-refractivity contribution >= 4 is 34.4 Å². The first-order valence-electron chi connectivity index (χ1n) is 8.73. The maximum Gasteiger partial charge on any atom is 0.407 e. The molecule has 0 spiro atoms. The van der Waals surface area contributed by atoms with E-state index in [0.29, 0.717) is 30.0 Å². The van der Waals surface area contributed by atoms with Gasteiger partial charge in [0.05, 0.1) is 5.56 Å². The minimum atomic E-state index is -0.997. The lowest BCUT2D eigenvalue weighted by Crippen LogP contribution is -2.49. The van der Waals surface area contributed by atoms with Crippen LogP contribution < -0.4 is 21.9 Å². The summed E-state index contributed by atoms with van der Waals surface area (Å²) >= 11 is 1.26. The Balaban J connectivity index is 1.82. The summed E-state index contributed by atoms with van der Waals surface area (Å²) in [6, 6.07) is 10.3. The predicted octanol–water partition coefficient (Wildman–Crippen LogP) is 2.28. The Hall–Kier alpha value is -3.11. The van der Waals surface area contributed by atoms with Gasteiger partial charge in [0, 0.05) is 24.0 Å². The van der Waals surface area contributed by atoms with Crippen molar-refractivity contribution in [3.05, 3.63) is 42.0 Å². The maximum atomic E-state index is 12.9. The lowest BCUT2D eigenvalue weighted by atomic mass is 10.1. The summed E-state index contributed by atoms with van der Waals surface area (Å²) in [5, 5.41) is 15.0. The van der Waals surface area contributed by atoms with Crippen molar-refractivity contribution in [3.63, 3.8) is 0 Å². The number of piperidine rings is 1. The van der Waals surface area contributed by atoms with Gasteiger partial charge in [0.15, 0.2) is 0 Å². The number of amides is 4. The average Bonchev–Trinajstić information content (AvgIpc) is 3.12. The Morgan fingerprint density at radius 1 is 1.21 bits per heavy atom. The Labute approximate surface area is 165 Å². The van der Waals surface area contributed by atoms with Crippen molar-refractivity contribution in [2.75, 3.05) is 18.4 Å². The third-order valence-electron chi connectivity index (χ3n) is 4.42. The number of carbonyl (C=O) groups is 3. The number of hydrogen-bond acceptors (Lipinski definition) is 5. The molecule has 1 fully saturated rings. The number of carboxylic acid groups (broad SMARTS) is 1. The molecule has 1 aliphatic rings. The normalized spacial score (nSPS) is 16.3. The molecule has 0 aliphatic carbocycles. The van der Waals surface area contributed by atoms with Crippen LogP contribution in [0.5, 0.6) is 0 Å². The molecule has 148 valence electrons. The van der Waals surface area contributed by atoms with E-state index < -0.39 is 12.1 Å². The highest BCUT2D eigenvalue weighted by molar-refractivity contribution is 7.20. The van der Waals surface area contributed by atoms with Crippen LogP contribution in [0.4, 0.5) is 14.6 Å². The molecule has 2 heterocycles. The molecule has 0 radical (unpaired) electrons. The van der Waals surface area contributed by atoms with Crippen LogP contribution in [0.1, 0.15) is 23.2 Å². The first-order chi connectivity index (χ1) is 13.5. The summed E-state index contributed by atoms with van der Waals surface area (Å²) in [7, 11) is 0. The van der Waals surface area contributed by atoms with Crippen LogP contribution in [0, 0.1) is 0 Å². The van der Waals surface area contributed by atoms with Crippen molar-refractivity contribution in [2.24, 2.45) is 5.84 Å². The van der Waals surface area contributed by atoms with Crippen LogP contribution in [0.3, 0.4) is 0 Å². The fourth-order valence-electron chi connectivity index (χ4n) is 3.07. The van der Waals surface area contributed by atoms with Crippen LogP contribution in [-0.4, -0.2) is 47.2 Å². The number of carbonyl (C=O) groups excluding carboxylic acids is 2. The summed E-state index contributed by atoms with van der Waals surface area (Å²) < 4.78 is 0. The molecule has 1 atom stereocenters.